The Balaban J connectivity index is 2.88. The lowest BCUT2D eigenvalue weighted by Gasteiger charge is -2.45. The average Bonchev–Trinajstić information content (AvgIpc) is 2.68. The van der Waals surface area contributed by atoms with Crippen molar-refractivity contribution in [3.63, 3.8) is 0 Å². The molecule has 0 bridgehead atoms. The molecule has 1 heterocycles. The van der Waals surface area contributed by atoms with Crippen LogP contribution in [0.3, 0.4) is 0 Å². The van der Waals surface area contributed by atoms with Crippen molar-refractivity contribution in [1.82, 2.24) is 4.90 Å². The van der Waals surface area contributed by atoms with Gasteiger partial charge in [0.25, 0.3) is 0 Å². The molecule has 6 nitrogen and oxygen atoms in total. The lowest BCUT2D eigenvalue weighted by Crippen LogP contribution is -2.47. The topological polar surface area (TPSA) is 76.1 Å². The Morgan fingerprint density at radius 3 is 2.26 bits per heavy atom. The van der Waals surface area contributed by atoms with E-state index in [1.807, 2.05) is 13.8 Å². The van der Waals surface area contributed by atoms with E-state index in [0.717, 1.165) is 5.70 Å². The van der Waals surface area contributed by atoms with Crippen molar-refractivity contribution in [2.24, 2.45) is 5.41 Å². The highest BCUT2D eigenvalue weighted by Crippen LogP contribution is 2.50. The van der Waals surface area contributed by atoms with Gasteiger partial charge in [-0.1, -0.05) is 35.3 Å². The standard InChI is InChI=1S/C23H29Cl2NO5/c1-13-14(2)26(12-30-7)15(3)18(20(27)28)23(13,11-31-21(29)22(4,5)6)16-9-8-10-17(24)19(16)25/h8-10H,11-12H2,1-7H3,(H,27,28). The fraction of sp³-hybridized carbons (Fsp3) is 0.478. The normalized spacial score (nSPS) is 19.7. The molecule has 0 radical (unpaired) electrons. The number of carbonyl (C=O) groups excluding carboxylic acids is 1. The summed E-state index contributed by atoms with van der Waals surface area (Å²) in [5, 5.41) is 10.8. The molecular weight excluding hydrogens is 441 g/mol. The van der Waals surface area contributed by atoms with E-state index in [2.05, 4.69) is 0 Å². The number of nitrogens with zero attached hydrogens (tertiary/aromatic N) is 1. The van der Waals surface area contributed by atoms with Crippen molar-refractivity contribution in [1.29, 1.82) is 0 Å². The fourth-order valence-electron chi connectivity index (χ4n) is 3.87. The zero-order chi connectivity index (χ0) is 23.7. The molecule has 0 aromatic heterocycles. The molecule has 1 aromatic rings. The third kappa shape index (κ3) is 4.47. The zero-order valence-electron chi connectivity index (χ0n) is 18.9. The van der Waals surface area contributed by atoms with Crippen LogP contribution >= 0.6 is 23.2 Å². The molecule has 1 aromatic carbocycles. The molecule has 8 heteroatoms. The summed E-state index contributed by atoms with van der Waals surface area (Å²) < 4.78 is 11.0. The van der Waals surface area contributed by atoms with Crippen LogP contribution in [0.4, 0.5) is 0 Å². The Hall–Kier alpha value is -2.02. The van der Waals surface area contributed by atoms with Gasteiger partial charge in [0.05, 0.1) is 26.4 Å². The Morgan fingerprint density at radius 2 is 1.74 bits per heavy atom. The number of allylic oxidation sites excluding steroid dienone is 2. The Morgan fingerprint density at radius 1 is 1.13 bits per heavy atom. The number of halogens is 2. The van der Waals surface area contributed by atoms with Crippen LogP contribution < -0.4 is 0 Å². The number of carbonyl (C=O) groups is 2. The Bertz CT molecular complexity index is 961. The zero-order valence-corrected chi connectivity index (χ0v) is 20.4. The predicted octanol–water partition coefficient (Wildman–Crippen LogP) is 5.39. The smallest absolute Gasteiger partial charge is 0.334 e. The molecule has 1 aliphatic heterocycles. The van der Waals surface area contributed by atoms with Crippen LogP contribution in [0, 0.1) is 5.41 Å². The van der Waals surface area contributed by atoms with E-state index in [-0.39, 0.29) is 29.0 Å². The van der Waals surface area contributed by atoms with Crippen LogP contribution in [0.25, 0.3) is 0 Å². The molecule has 1 atom stereocenters. The minimum absolute atomic E-state index is 0.0542. The lowest BCUT2D eigenvalue weighted by atomic mass is 9.66. The summed E-state index contributed by atoms with van der Waals surface area (Å²) in [5.41, 5.74) is 0.372. The number of rotatable bonds is 6. The summed E-state index contributed by atoms with van der Waals surface area (Å²) in [7, 11) is 1.54. The second-order valence-electron chi connectivity index (χ2n) is 8.65. The van der Waals surface area contributed by atoms with Gasteiger partial charge in [-0.15, -0.1) is 0 Å². The van der Waals surface area contributed by atoms with Gasteiger partial charge in [-0.2, -0.15) is 0 Å². The molecule has 0 spiro atoms. The van der Waals surface area contributed by atoms with Crippen LogP contribution in [-0.2, 0) is 24.5 Å². The first-order valence-electron chi connectivity index (χ1n) is 9.81. The van der Waals surface area contributed by atoms with Gasteiger partial charge in [0.2, 0.25) is 0 Å². The number of carboxylic acid groups (broad SMARTS) is 1. The van der Waals surface area contributed by atoms with E-state index in [1.54, 1.807) is 50.8 Å². The van der Waals surface area contributed by atoms with Crippen LogP contribution in [-0.4, -0.2) is 42.4 Å². The quantitative estimate of drug-likeness (QED) is 0.562. The van der Waals surface area contributed by atoms with E-state index in [4.69, 9.17) is 32.7 Å². The fourth-order valence-corrected chi connectivity index (χ4v) is 4.33. The number of hydrogen-bond acceptors (Lipinski definition) is 5. The Kier molecular flexibility index (Phi) is 7.51. The van der Waals surface area contributed by atoms with E-state index >= 15 is 0 Å². The van der Waals surface area contributed by atoms with E-state index < -0.39 is 22.8 Å². The second kappa shape index (κ2) is 9.23. The van der Waals surface area contributed by atoms with Gasteiger partial charge in [0.15, 0.2) is 0 Å². The molecule has 31 heavy (non-hydrogen) atoms. The number of benzene rings is 1. The predicted molar refractivity (Wildman–Crippen MR) is 121 cm³/mol. The van der Waals surface area contributed by atoms with Gasteiger partial charge in [-0.05, 0) is 58.7 Å². The molecule has 0 saturated heterocycles. The maximum atomic E-state index is 12.7. The molecule has 2 rings (SSSR count). The maximum absolute atomic E-state index is 12.7. The van der Waals surface area contributed by atoms with Crippen molar-refractivity contribution in [3.8, 4) is 0 Å². The van der Waals surface area contributed by atoms with E-state index in [9.17, 15) is 14.7 Å². The number of aliphatic carboxylic acids is 1. The summed E-state index contributed by atoms with van der Waals surface area (Å²) in [6.45, 7) is 10.6. The number of esters is 1. The van der Waals surface area contributed by atoms with Crippen molar-refractivity contribution < 1.29 is 24.2 Å². The van der Waals surface area contributed by atoms with Crippen molar-refractivity contribution >= 4 is 35.1 Å². The Labute approximate surface area is 193 Å². The van der Waals surface area contributed by atoms with Gasteiger partial charge in [0, 0.05) is 18.5 Å². The number of methoxy groups -OCH3 is 1. The van der Waals surface area contributed by atoms with Crippen molar-refractivity contribution in [2.75, 3.05) is 20.4 Å². The minimum atomic E-state index is -1.33. The highest BCUT2D eigenvalue weighted by atomic mass is 35.5. The molecule has 1 aliphatic rings. The molecule has 170 valence electrons. The van der Waals surface area contributed by atoms with Crippen LogP contribution in [0.15, 0.2) is 40.7 Å². The minimum Gasteiger partial charge on any atom is -0.478 e. The monoisotopic (exact) mass is 469 g/mol. The summed E-state index contributed by atoms with van der Waals surface area (Å²) in [6, 6.07) is 5.05. The third-order valence-electron chi connectivity index (χ3n) is 5.70. The number of ether oxygens (including phenoxy) is 2. The first-order chi connectivity index (χ1) is 14.3. The van der Waals surface area contributed by atoms with Gasteiger partial charge >= 0.3 is 11.9 Å². The van der Waals surface area contributed by atoms with Crippen LogP contribution in [0.5, 0.6) is 0 Å². The lowest BCUT2D eigenvalue weighted by molar-refractivity contribution is -0.154. The highest BCUT2D eigenvalue weighted by Gasteiger charge is 2.50. The van der Waals surface area contributed by atoms with Crippen molar-refractivity contribution in [3.05, 3.63) is 56.3 Å². The molecule has 0 saturated carbocycles. The molecular formula is C23H29Cl2NO5. The van der Waals surface area contributed by atoms with E-state index in [0.29, 0.717) is 16.8 Å². The summed E-state index contributed by atoms with van der Waals surface area (Å²) in [5.74, 6) is -1.59. The van der Waals surface area contributed by atoms with Crippen LogP contribution in [0.2, 0.25) is 10.0 Å². The first-order valence-corrected chi connectivity index (χ1v) is 10.6. The maximum Gasteiger partial charge on any atom is 0.334 e. The van der Waals surface area contributed by atoms with Gasteiger partial charge in [-0.3, -0.25) is 4.79 Å². The SMILES string of the molecule is COCN1C(C)=C(C)C(COC(=O)C(C)(C)C)(c2cccc(Cl)c2Cl)C(C(=O)O)=C1C. The highest BCUT2D eigenvalue weighted by molar-refractivity contribution is 6.42. The van der Waals surface area contributed by atoms with Gasteiger partial charge in [-0.25, -0.2) is 4.79 Å². The third-order valence-corrected chi connectivity index (χ3v) is 6.52. The van der Waals surface area contributed by atoms with Gasteiger partial charge < -0.3 is 19.5 Å². The number of hydrogen-bond donors (Lipinski definition) is 1. The van der Waals surface area contributed by atoms with Crippen LogP contribution in [0.1, 0.15) is 47.1 Å². The largest absolute Gasteiger partial charge is 0.478 e. The summed E-state index contributed by atoms with van der Waals surface area (Å²) >= 11 is 12.9. The summed E-state index contributed by atoms with van der Waals surface area (Å²) in [4.78, 5) is 27.1. The number of carboxylic acids is 1. The van der Waals surface area contributed by atoms with Crippen molar-refractivity contribution in [2.45, 2.75) is 47.0 Å². The molecule has 0 fully saturated rings. The molecule has 0 aliphatic carbocycles. The molecule has 1 N–H and O–H groups in total. The first kappa shape index (κ1) is 25.2. The average molecular weight is 470 g/mol. The molecule has 1 unspecified atom stereocenters. The van der Waals surface area contributed by atoms with E-state index in [1.165, 1.54) is 7.11 Å². The van der Waals surface area contributed by atoms with Gasteiger partial charge in [0.1, 0.15) is 13.3 Å². The summed E-state index contributed by atoms with van der Waals surface area (Å²) in [6.07, 6.45) is 0. The molecule has 0 amide bonds. The second-order valence-corrected chi connectivity index (χ2v) is 9.44.